The Balaban J connectivity index is 2.78. The summed E-state index contributed by atoms with van der Waals surface area (Å²) in [7, 11) is 1.91. The van der Waals surface area contributed by atoms with Crippen molar-refractivity contribution in [2.45, 2.75) is 26.3 Å². The fourth-order valence-corrected chi connectivity index (χ4v) is 1.44. The molecule has 1 rings (SSSR count). The number of amidine groups is 1. The molecule has 0 spiro atoms. The van der Waals surface area contributed by atoms with Gasteiger partial charge in [-0.25, -0.2) is 4.98 Å². The Morgan fingerprint density at radius 1 is 1.56 bits per heavy atom. The topological polar surface area (TPSA) is 87.6 Å². The maximum atomic E-state index is 8.51. The summed E-state index contributed by atoms with van der Waals surface area (Å²) in [6.45, 7) is 3.88. The molecule has 0 bridgehead atoms. The van der Waals surface area contributed by atoms with Crippen molar-refractivity contribution in [3.05, 3.63) is 18.1 Å². The van der Waals surface area contributed by atoms with Crippen molar-refractivity contribution in [1.29, 1.82) is 0 Å². The lowest BCUT2D eigenvalue weighted by Gasteiger charge is -2.26. The van der Waals surface area contributed by atoms with Gasteiger partial charge in [-0.3, -0.25) is 4.98 Å². The summed E-state index contributed by atoms with van der Waals surface area (Å²) in [5.41, 5.74) is 6.32. The van der Waals surface area contributed by atoms with E-state index in [1.54, 1.807) is 12.4 Å². The molecule has 16 heavy (non-hydrogen) atoms. The molecule has 6 nitrogen and oxygen atoms in total. The van der Waals surface area contributed by atoms with Gasteiger partial charge in [-0.15, -0.1) is 0 Å². The monoisotopic (exact) mass is 223 g/mol. The first-order valence-electron chi connectivity index (χ1n) is 5.03. The molecule has 0 aliphatic heterocycles. The Morgan fingerprint density at radius 3 is 2.75 bits per heavy atom. The van der Waals surface area contributed by atoms with Crippen LogP contribution >= 0.6 is 0 Å². The molecule has 1 atom stereocenters. The van der Waals surface area contributed by atoms with E-state index in [2.05, 4.69) is 15.1 Å². The minimum atomic E-state index is 0.0892. The van der Waals surface area contributed by atoms with Crippen molar-refractivity contribution >= 4 is 11.7 Å². The molecule has 0 amide bonds. The Labute approximate surface area is 94.8 Å². The number of rotatable bonds is 4. The minimum Gasteiger partial charge on any atom is -0.409 e. The summed E-state index contributed by atoms with van der Waals surface area (Å²) in [6, 6.07) is 0.0892. The molecule has 0 aliphatic carbocycles. The third-order valence-corrected chi connectivity index (χ3v) is 2.48. The van der Waals surface area contributed by atoms with Crippen LogP contribution in [-0.2, 0) is 0 Å². The molecule has 0 saturated heterocycles. The number of nitrogens with zero attached hydrogens (tertiary/aromatic N) is 4. The van der Waals surface area contributed by atoms with Crippen molar-refractivity contribution in [2.75, 3.05) is 11.9 Å². The first-order chi connectivity index (χ1) is 7.56. The van der Waals surface area contributed by atoms with Crippen LogP contribution in [0.5, 0.6) is 0 Å². The SMILES string of the molecule is Cc1nccnc1N(C)C(C)CC(N)=NO. The zero-order chi connectivity index (χ0) is 12.1. The van der Waals surface area contributed by atoms with Gasteiger partial charge in [0.2, 0.25) is 0 Å². The predicted molar refractivity (Wildman–Crippen MR) is 62.7 cm³/mol. The van der Waals surface area contributed by atoms with E-state index in [9.17, 15) is 0 Å². The van der Waals surface area contributed by atoms with E-state index in [0.29, 0.717) is 6.42 Å². The zero-order valence-corrected chi connectivity index (χ0v) is 9.75. The highest BCUT2D eigenvalue weighted by atomic mass is 16.4. The van der Waals surface area contributed by atoms with Crippen molar-refractivity contribution in [2.24, 2.45) is 10.9 Å². The molecule has 0 aromatic carbocycles. The van der Waals surface area contributed by atoms with Crippen LogP contribution < -0.4 is 10.6 Å². The molecular formula is C10H17N5O. The molecule has 3 N–H and O–H groups in total. The van der Waals surface area contributed by atoms with Crippen LogP contribution in [0.2, 0.25) is 0 Å². The average molecular weight is 223 g/mol. The Bertz CT molecular complexity index is 379. The summed E-state index contributed by atoms with van der Waals surface area (Å²) in [5.74, 6) is 1.02. The standard InChI is InChI=1S/C10H17N5O/c1-7(6-9(11)14-16)15(3)10-8(2)12-4-5-13-10/h4-5,7,16H,6H2,1-3H3,(H2,11,14). The highest BCUT2D eigenvalue weighted by molar-refractivity contribution is 5.80. The highest BCUT2D eigenvalue weighted by Crippen LogP contribution is 2.15. The normalized spacial score (nSPS) is 13.6. The highest BCUT2D eigenvalue weighted by Gasteiger charge is 2.15. The van der Waals surface area contributed by atoms with Gasteiger partial charge in [0.15, 0.2) is 0 Å². The van der Waals surface area contributed by atoms with E-state index < -0.39 is 0 Å². The fourth-order valence-electron chi connectivity index (χ4n) is 1.44. The maximum Gasteiger partial charge on any atom is 0.150 e. The van der Waals surface area contributed by atoms with Gasteiger partial charge in [-0.05, 0) is 13.8 Å². The van der Waals surface area contributed by atoms with Gasteiger partial charge in [0.1, 0.15) is 11.7 Å². The van der Waals surface area contributed by atoms with Gasteiger partial charge in [-0.1, -0.05) is 5.16 Å². The molecule has 0 radical (unpaired) electrons. The summed E-state index contributed by atoms with van der Waals surface area (Å²) in [6.07, 6.45) is 3.78. The number of aryl methyl sites for hydroxylation is 1. The van der Waals surface area contributed by atoms with E-state index >= 15 is 0 Å². The van der Waals surface area contributed by atoms with Crippen LogP contribution in [0.25, 0.3) is 0 Å². The van der Waals surface area contributed by atoms with Crippen LogP contribution in [0.15, 0.2) is 17.5 Å². The number of nitrogens with two attached hydrogens (primary N) is 1. The van der Waals surface area contributed by atoms with Gasteiger partial charge in [0, 0.05) is 31.9 Å². The number of hydrogen-bond acceptors (Lipinski definition) is 5. The van der Waals surface area contributed by atoms with Gasteiger partial charge in [0.05, 0.1) is 5.69 Å². The fraction of sp³-hybridized carbons (Fsp3) is 0.500. The number of oxime groups is 1. The van der Waals surface area contributed by atoms with E-state index in [1.807, 2.05) is 25.8 Å². The molecule has 1 aromatic rings. The molecule has 0 aliphatic rings. The molecule has 1 unspecified atom stereocenters. The average Bonchev–Trinajstić information content (AvgIpc) is 2.28. The number of anilines is 1. The largest absolute Gasteiger partial charge is 0.409 e. The van der Waals surface area contributed by atoms with Gasteiger partial charge in [-0.2, -0.15) is 0 Å². The van der Waals surface area contributed by atoms with Gasteiger partial charge >= 0.3 is 0 Å². The van der Waals surface area contributed by atoms with E-state index in [0.717, 1.165) is 11.5 Å². The summed E-state index contributed by atoms with van der Waals surface area (Å²) >= 11 is 0. The molecule has 1 heterocycles. The lowest BCUT2D eigenvalue weighted by molar-refractivity contribution is 0.316. The number of aromatic nitrogens is 2. The van der Waals surface area contributed by atoms with Crippen molar-refractivity contribution in [3.63, 3.8) is 0 Å². The lowest BCUT2D eigenvalue weighted by Crippen LogP contribution is -2.34. The van der Waals surface area contributed by atoms with Crippen LogP contribution in [0.3, 0.4) is 0 Å². The second-order valence-corrected chi connectivity index (χ2v) is 3.72. The summed E-state index contributed by atoms with van der Waals surface area (Å²) in [5, 5.41) is 11.5. The van der Waals surface area contributed by atoms with E-state index in [4.69, 9.17) is 10.9 Å². The van der Waals surface area contributed by atoms with Crippen LogP contribution in [0, 0.1) is 6.92 Å². The minimum absolute atomic E-state index is 0.0892. The van der Waals surface area contributed by atoms with Gasteiger partial charge in [0.25, 0.3) is 0 Å². The summed E-state index contributed by atoms with van der Waals surface area (Å²) in [4.78, 5) is 10.4. The van der Waals surface area contributed by atoms with Crippen molar-refractivity contribution in [3.8, 4) is 0 Å². The lowest BCUT2D eigenvalue weighted by atomic mass is 10.2. The smallest absolute Gasteiger partial charge is 0.150 e. The van der Waals surface area contributed by atoms with Gasteiger partial charge < -0.3 is 15.8 Å². The second kappa shape index (κ2) is 5.29. The zero-order valence-electron chi connectivity index (χ0n) is 9.75. The third-order valence-electron chi connectivity index (χ3n) is 2.48. The molecule has 88 valence electrons. The number of hydrogen-bond donors (Lipinski definition) is 2. The van der Waals surface area contributed by atoms with Crippen molar-refractivity contribution < 1.29 is 5.21 Å². The Hall–Kier alpha value is -1.85. The third kappa shape index (κ3) is 2.82. The Kier molecular flexibility index (Phi) is 4.04. The quantitative estimate of drug-likeness (QED) is 0.340. The predicted octanol–water partition coefficient (Wildman–Crippen LogP) is 0.746. The van der Waals surface area contributed by atoms with E-state index in [-0.39, 0.29) is 11.9 Å². The van der Waals surface area contributed by atoms with Crippen LogP contribution in [-0.4, -0.2) is 34.1 Å². The first-order valence-corrected chi connectivity index (χ1v) is 5.03. The molecule has 6 heteroatoms. The first kappa shape index (κ1) is 12.2. The van der Waals surface area contributed by atoms with E-state index in [1.165, 1.54) is 0 Å². The van der Waals surface area contributed by atoms with Crippen LogP contribution in [0.1, 0.15) is 19.0 Å². The molecule has 0 saturated carbocycles. The second-order valence-electron chi connectivity index (χ2n) is 3.72. The van der Waals surface area contributed by atoms with Crippen LogP contribution in [0.4, 0.5) is 5.82 Å². The molecule has 1 aromatic heterocycles. The summed E-state index contributed by atoms with van der Waals surface area (Å²) < 4.78 is 0. The Morgan fingerprint density at radius 2 is 2.19 bits per heavy atom. The molecular weight excluding hydrogens is 206 g/mol. The maximum absolute atomic E-state index is 8.51. The van der Waals surface area contributed by atoms with Crippen molar-refractivity contribution in [1.82, 2.24) is 9.97 Å². The molecule has 0 fully saturated rings.